The summed E-state index contributed by atoms with van der Waals surface area (Å²) in [5.41, 5.74) is 2.57. The molecule has 1 spiro atoms. The Bertz CT molecular complexity index is 651. The van der Waals surface area contributed by atoms with Crippen LogP contribution in [-0.2, 0) is 21.3 Å². The van der Waals surface area contributed by atoms with E-state index in [4.69, 9.17) is 4.74 Å². The fourth-order valence-electron chi connectivity index (χ4n) is 3.81. The lowest BCUT2D eigenvalue weighted by molar-refractivity contribution is -0.136. The summed E-state index contributed by atoms with van der Waals surface area (Å²) in [6.07, 6.45) is 1.89. The Morgan fingerprint density at radius 3 is 2.67 bits per heavy atom. The lowest BCUT2D eigenvalue weighted by atomic mass is 9.79. The van der Waals surface area contributed by atoms with Gasteiger partial charge in [-0.2, -0.15) is 0 Å². The van der Waals surface area contributed by atoms with E-state index in [0.717, 1.165) is 39.1 Å². The average Bonchev–Trinajstić information content (AvgIpc) is 2.93. The van der Waals surface area contributed by atoms with Crippen LogP contribution in [0.2, 0.25) is 0 Å². The van der Waals surface area contributed by atoms with E-state index in [1.165, 1.54) is 11.1 Å². The van der Waals surface area contributed by atoms with Crippen molar-refractivity contribution in [3.63, 3.8) is 0 Å². The molecule has 2 aliphatic heterocycles. The average molecular weight is 353 g/mol. The zero-order valence-electron chi connectivity index (χ0n) is 14.6. The number of likely N-dealkylation sites (tertiary alicyclic amines) is 1. The van der Waals surface area contributed by atoms with Gasteiger partial charge in [0.15, 0.2) is 0 Å². The van der Waals surface area contributed by atoms with Gasteiger partial charge in [0, 0.05) is 32.8 Å². The zero-order valence-corrected chi connectivity index (χ0v) is 15.4. The minimum absolute atomic E-state index is 0.0532. The van der Waals surface area contributed by atoms with Crippen molar-refractivity contribution in [1.82, 2.24) is 9.62 Å². The van der Waals surface area contributed by atoms with E-state index < -0.39 is 10.0 Å². The highest BCUT2D eigenvalue weighted by Gasteiger charge is 2.52. The number of hydrogen-bond acceptors (Lipinski definition) is 4. The minimum atomic E-state index is -3.09. The number of aryl methyl sites for hydroxylation is 1. The highest BCUT2D eigenvalue weighted by molar-refractivity contribution is 7.89. The number of benzene rings is 1. The summed E-state index contributed by atoms with van der Waals surface area (Å²) in [5.74, 6) is 0.593. The molecule has 0 aromatic heterocycles. The number of nitrogens with one attached hydrogen (secondary N) is 1. The smallest absolute Gasteiger partial charge is 0.211 e. The first-order chi connectivity index (χ1) is 11.4. The van der Waals surface area contributed by atoms with Gasteiger partial charge in [0.05, 0.1) is 11.4 Å². The molecule has 1 aromatic rings. The van der Waals surface area contributed by atoms with Gasteiger partial charge in [-0.25, -0.2) is 13.1 Å². The molecule has 1 unspecified atom stereocenters. The van der Waals surface area contributed by atoms with Gasteiger partial charge in [0.25, 0.3) is 0 Å². The van der Waals surface area contributed by atoms with Gasteiger partial charge in [-0.3, -0.25) is 4.90 Å². The van der Waals surface area contributed by atoms with Crippen LogP contribution in [-0.4, -0.2) is 50.9 Å². The number of hydrogen-bond donors (Lipinski definition) is 1. The molecule has 0 aliphatic carbocycles. The van der Waals surface area contributed by atoms with Crippen LogP contribution in [0.5, 0.6) is 0 Å². The third-order valence-electron chi connectivity index (χ3n) is 5.30. The zero-order chi connectivity index (χ0) is 17.2. The minimum Gasteiger partial charge on any atom is -0.372 e. The summed E-state index contributed by atoms with van der Waals surface area (Å²) in [5, 5.41) is 0. The second kappa shape index (κ2) is 7.12. The van der Waals surface area contributed by atoms with E-state index in [1.807, 2.05) is 0 Å². The highest BCUT2D eigenvalue weighted by atomic mass is 32.2. The molecular formula is C18H28N2O3S. The van der Waals surface area contributed by atoms with Gasteiger partial charge in [-0.15, -0.1) is 0 Å². The first-order valence-corrected chi connectivity index (χ1v) is 10.5. The third kappa shape index (κ3) is 3.99. The van der Waals surface area contributed by atoms with Crippen LogP contribution in [0.15, 0.2) is 24.3 Å². The largest absolute Gasteiger partial charge is 0.372 e. The molecule has 2 heterocycles. The molecule has 1 aromatic carbocycles. The van der Waals surface area contributed by atoms with Gasteiger partial charge in [0.1, 0.15) is 0 Å². The van der Waals surface area contributed by atoms with Crippen molar-refractivity contribution in [3.8, 4) is 0 Å². The van der Waals surface area contributed by atoms with Gasteiger partial charge < -0.3 is 4.74 Å². The summed E-state index contributed by atoms with van der Waals surface area (Å²) in [6.45, 7) is 7.94. The van der Waals surface area contributed by atoms with Crippen LogP contribution in [0.25, 0.3) is 0 Å². The van der Waals surface area contributed by atoms with Crippen LogP contribution in [0, 0.1) is 12.8 Å². The summed E-state index contributed by atoms with van der Waals surface area (Å²) >= 11 is 0. The SMILES string of the molecule is CCS(=O)(=O)NCCC1CCOC12CN(Cc1ccc(C)cc1)C2. The van der Waals surface area contributed by atoms with Crippen molar-refractivity contribution in [2.24, 2.45) is 5.92 Å². The van der Waals surface area contributed by atoms with E-state index in [9.17, 15) is 8.42 Å². The van der Waals surface area contributed by atoms with E-state index in [0.29, 0.717) is 12.5 Å². The summed E-state index contributed by atoms with van der Waals surface area (Å²) in [7, 11) is -3.09. The Morgan fingerprint density at radius 2 is 2.00 bits per heavy atom. The maximum absolute atomic E-state index is 11.5. The maximum Gasteiger partial charge on any atom is 0.211 e. The van der Waals surface area contributed by atoms with Gasteiger partial charge in [-0.05, 0) is 38.2 Å². The molecule has 2 fully saturated rings. The summed E-state index contributed by atoms with van der Waals surface area (Å²) in [4.78, 5) is 2.42. The molecule has 0 saturated carbocycles. The Hall–Kier alpha value is -0.950. The van der Waals surface area contributed by atoms with Crippen molar-refractivity contribution in [3.05, 3.63) is 35.4 Å². The first-order valence-electron chi connectivity index (χ1n) is 8.82. The maximum atomic E-state index is 11.5. The normalized spacial score (nSPS) is 23.5. The van der Waals surface area contributed by atoms with Crippen molar-refractivity contribution in [1.29, 1.82) is 0 Å². The first kappa shape index (κ1) is 17.9. The molecule has 24 heavy (non-hydrogen) atoms. The van der Waals surface area contributed by atoms with E-state index in [-0.39, 0.29) is 11.4 Å². The van der Waals surface area contributed by atoms with Crippen LogP contribution >= 0.6 is 0 Å². The van der Waals surface area contributed by atoms with Crippen molar-refractivity contribution in [2.45, 2.75) is 38.8 Å². The molecule has 0 bridgehead atoms. The molecule has 6 heteroatoms. The van der Waals surface area contributed by atoms with E-state index in [2.05, 4.69) is 40.8 Å². The Balaban J connectivity index is 1.49. The quantitative estimate of drug-likeness (QED) is 0.814. The predicted octanol–water partition coefficient (Wildman–Crippen LogP) is 1.92. The molecule has 0 radical (unpaired) electrons. The lowest BCUT2D eigenvalue weighted by Crippen LogP contribution is -2.64. The van der Waals surface area contributed by atoms with Crippen LogP contribution in [0.1, 0.15) is 30.9 Å². The highest BCUT2D eigenvalue weighted by Crippen LogP contribution is 2.42. The topological polar surface area (TPSA) is 58.6 Å². The Kier molecular flexibility index (Phi) is 5.30. The fourth-order valence-corrected chi connectivity index (χ4v) is 4.44. The molecule has 1 N–H and O–H groups in total. The van der Waals surface area contributed by atoms with Crippen LogP contribution in [0.4, 0.5) is 0 Å². The number of nitrogens with zero attached hydrogens (tertiary/aromatic N) is 1. The molecule has 134 valence electrons. The van der Waals surface area contributed by atoms with Crippen molar-refractivity contribution >= 4 is 10.0 Å². The van der Waals surface area contributed by atoms with Crippen molar-refractivity contribution < 1.29 is 13.2 Å². The second-order valence-electron chi connectivity index (χ2n) is 7.12. The van der Waals surface area contributed by atoms with Crippen LogP contribution in [0.3, 0.4) is 0 Å². The van der Waals surface area contributed by atoms with Gasteiger partial charge in [-0.1, -0.05) is 29.8 Å². The Labute approximate surface area is 145 Å². The molecule has 3 rings (SSSR count). The lowest BCUT2D eigenvalue weighted by Gasteiger charge is -2.50. The van der Waals surface area contributed by atoms with Crippen LogP contribution < -0.4 is 4.72 Å². The molecule has 2 saturated heterocycles. The number of sulfonamides is 1. The van der Waals surface area contributed by atoms with E-state index >= 15 is 0 Å². The summed E-state index contributed by atoms with van der Waals surface area (Å²) < 4.78 is 31.8. The second-order valence-corrected chi connectivity index (χ2v) is 9.21. The monoisotopic (exact) mass is 352 g/mol. The van der Waals surface area contributed by atoms with E-state index in [1.54, 1.807) is 6.92 Å². The predicted molar refractivity (Wildman–Crippen MR) is 95.3 cm³/mol. The molecule has 0 amide bonds. The standard InChI is InChI=1S/C18H28N2O3S/c1-3-24(21,22)19-10-8-17-9-11-23-18(17)13-20(14-18)12-16-6-4-15(2)5-7-16/h4-7,17,19H,3,8-14H2,1-2H3. The Morgan fingerprint density at radius 1 is 1.29 bits per heavy atom. The molecule has 1 atom stereocenters. The number of rotatable bonds is 7. The van der Waals surface area contributed by atoms with Gasteiger partial charge in [0.2, 0.25) is 10.0 Å². The number of ether oxygens (including phenoxy) is 1. The fraction of sp³-hybridized carbons (Fsp3) is 0.667. The molecule has 2 aliphatic rings. The van der Waals surface area contributed by atoms with Gasteiger partial charge >= 0.3 is 0 Å². The molecule has 5 nitrogen and oxygen atoms in total. The summed E-state index contributed by atoms with van der Waals surface area (Å²) in [6, 6.07) is 8.68. The molecular weight excluding hydrogens is 324 g/mol. The third-order valence-corrected chi connectivity index (χ3v) is 6.71. The van der Waals surface area contributed by atoms with Crippen molar-refractivity contribution in [2.75, 3.05) is 32.0 Å².